The molecule has 0 atom stereocenters. The molecule has 192 valence electrons. The van der Waals surface area contributed by atoms with Crippen LogP contribution < -0.4 is 24.8 Å². The van der Waals surface area contributed by atoms with Crippen molar-refractivity contribution in [1.29, 1.82) is 0 Å². The van der Waals surface area contributed by atoms with Crippen molar-refractivity contribution in [2.45, 2.75) is 37.5 Å². The van der Waals surface area contributed by atoms with Crippen molar-refractivity contribution in [3.8, 4) is 22.6 Å². The zero-order chi connectivity index (χ0) is 24.4. The molecule has 2 aromatic heterocycles. The standard InChI is InChI=1S/C15H10BrOS.C15H12BrO.2ClH.Zr/c1-7-3-9-10(4-7)15(16)11-5-14(9)18-13-6-12(11)17-8(13)2;1-9-7-11-4-5-12(15(16)13(11)8-9)14-6-3-10(2)17-14;;;/h3-6H,1-2H3;3-8H,1-2H3;2*1H;/q2*-1;;;+4/p-2. The molecule has 0 saturated heterocycles. The molecule has 2 nitrogen and oxygen atoms in total. The molecule has 0 aliphatic carbocycles. The second-order valence-corrected chi connectivity index (χ2v) is 11.8. The molecule has 0 amide bonds. The summed E-state index contributed by atoms with van der Waals surface area (Å²) < 4.78 is 13.8. The summed E-state index contributed by atoms with van der Waals surface area (Å²) in [4.78, 5) is 2.54. The van der Waals surface area contributed by atoms with Crippen molar-refractivity contribution < 1.29 is 59.9 Å². The third kappa shape index (κ3) is 5.60. The van der Waals surface area contributed by atoms with Crippen LogP contribution >= 0.6 is 43.6 Å². The minimum atomic E-state index is 0. The van der Waals surface area contributed by atoms with Gasteiger partial charge in [0.05, 0.1) is 4.90 Å². The summed E-state index contributed by atoms with van der Waals surface area (Å²) in [7, 11) is 0. The van der Waals surface area contributed by atoms with Gasteiger partial charge in [0.1, 0.15) is 23.0 Å². The Hall–Kier alpha value is -1.01. The molecule has 1 aliphatic rings. The number of halogens is 4. The zero-order valence-electron chi connectivity index (χ0n) is 21.0. The van der Waals surface area contributed by atoms with Crippen LogP contribution in [0.4, 0.5) is 0 Å². The van der Waals surface area contributed by atoms with Gasteiger partial charge in [-0.2, -0.15) is 12.1 Å². The average Bonchev–Trinajstić information content (AvgIpc) is 3.56. The van der Waals surface area contributed by atoms with Crippen molar-refractivity contribution in [2.75, 3.05) is 0 Å². The summed E-state index contributed by atoms with van der Waals surface area (Å²) in [5.74, 6) is 3.81. The first-order chi connectivity index (χ1) is 16.8. The number of hydrogen-bond acceptors (Lipinski definition) is 3. The molecule has 0 N–H and O–H groups in total. The Balaban J connectivity index is 0.000000195. The molecular weight excluding hydrogens is 746 g/mol. The molecule has 38 heavy (non-hydrogen) atoms. The summed E-state index contributed by atoms with van der Waals surface area (Å²) >= 11 is 9.21. The number of hydrogen-bond donors (Lipinski definition) is 0. The molecule has 4 bridgehead atoms. The van der Waals surface area contributed by atoms with E-state index in [0.29, 0.717) is 0 Å². The first kappa shape index (κ1) is 31.5. The van der Waals surface area contributed by atoms with E-state index in [1.165, 1.54) is 42.5 Å². The fourth-order valence-electron chi connectivity index (χ4n) is 4.70. The maximum absolute atomic E-state index is 5.83. The number of aryl methyl sites for hydroxylation is 4. The van der Waals surface area contributed by atoms with Crippen molar-refractivity contribution in [2.24, 2.45) is 0 Å². The van der Waals surface area contributed by atoms with E-state index in [1.54, 1.807) is 11.8 Å². The molecule has 0 saturated carbocycles. The Morgan fingerprint density at radius 1 is 0.684 bits per heavy atom. The molecule has 3 heterocycles. The maximum Gasteiger partial charge on any atom is 4.00 e. The topological polar surface area (TPSA) is 26.3 Å². The largest absolute Gasteiger partial charge is 4.00 e. The van der Waals surface area contributed by atoms with Crippen LogP contribution in [0.5, 0.6) is 0 Å². The van der Waals surface area contributed by atoms with Crippen LogP contribution in [0.3, 0.4) is 0 Å². The third-order valence-electron chi connectivity index (χ3n) is 6.38. The molecule has 0 spiro atoms. The summed E-state index contributed by atoms with van der Waals surface area (Å²) in [6.07, 6.45) is 0. The van der Waals surface area contributed by atoms with E-state index in [1.807, 2.05) is 26.0 Å². The SMILES string of the molecule is Cc1cc2c3cc(c(Br)c2[cH-]1)-c1cc(c(C)o1)S3.Cc1cc2ccc(-c3ccc(C)o3)c(Br)c2[cH-]1.[Cl-].[Cl-].[Zr+4]. The van der Waals surface area contributed by atoms with Gasteiger partial charge in [0.25, 0.3) is 0 Å². The van der Waals surface area contributed by atoms with Crippen molar-refractivity contribution in [3.63, 3.8) is 0 Å². The third-order valence-corrected chi connectivity index (χ3v) is 9.27. The summed E-state index contributed by atoms with van der Waals surface area (Å²) in [5.41, 5.74) is 4.85. The molecule has 0 unspecified atom stereocenters. The second kappa shape index (κ2) is 12.2. The van der Waals surface area contributed by atoms with Crippen LogP contribution in [0.15, 0.2) is 88.2 Å². The first-order valence-electron chi connectivity index (χ1n) is 11.4. The fourth-order valence-corrected chi connectivity index (χ4v) is 7.05. The van der Waals surface area contributed by atoms with Gasteiger partial charge in [-0.1, -0.05) is 37.7 Å². The Morgan fingerprint density at radius 2 is 1.37 bits per heavy atom. The summed E-state index contributed by atoms with van der Waals surface area (Å²) in [6, 6.07) is 21.5. The van der Waals surface area contributed by atoms with Crippen LogP contribution in [0.2, 0.25) is 0 Å². The Bertz CT molecular complexity index is 1760. The number of furan rings is 2. The monoisotopic (exact) mass is 764 g/mol. The van der Waals surface area contributed by atoms with Crippen molar-refractivity contribution in [1.82, 2.24) is 0 Å². The molecule has 7 rings (SSSR count). The van der Waals surface area contributed by atoms with Gasteiger partial charge in [0.15, 0.2) is 0 Å². The maximum atomic E-state index is 5.83. The smallest absolute Gasteiger partial charge is 1.00 e. The van der Waals surface area contributed by atoms with E-state index in [4.69, 9.17) is 8.83 Å². The minimum absolute atomic E-state index is 0. The molecule has 1 aliphatic heterocycles. The molecule has 4 aromatic carbocycles. The number of fused-ring (bicyclic) bond motifs is 8. The van der Waals surface area contributed by atoms with E-state index in [9.17, 15) is 0 Å². The Morgan fingerprint density at radius 3 is 2.08 bits per heavy atom. The molecule has 0 fully saturated rings. The summed E-state index contributed by atoms with van der Waals surface area (Å²) in [6.45, 7) is 8.24. The molecule has 6 aromatic rings. The first-order valence-corrected chi connectivity index (χ1v) is 13.8. The predicted molar refractivity (Wildman–Crippen MR) is 153 cm³/mol. The molecular formula is C30H22Br2Cl2O2SZr. The second-order valence-electron chi connectivity index (χ2n) is 9.10. The Labute approximate surface area is 274 Å². The molecule has 0 radical (unpaired) electrons. The van der Waals surface area contributed by atoms with Crippen LogP contribution in [-0.2, 0) is 26.2 Å². The van der Waals surface area contributed by atoms with Crippen LogP contribution in [0.1, 0.15) is 22.6 Å². The normalized spacial score (nSPS) is 11.2. The van der Waals surface area contributed by atoms with Crippen LogP contribution in [0, 0.1) is 27.7 Å². The Kier molecular flexibility index (Phi) is 10.2. The predicted octanol–water partition coefficient (Wildman–Crippen LogP) is 4.87. The van der Waals surface area contributed by atoms with E-state index in [-0.39, 0.29) is 51.0 Å². The number of benzene rings is 2. The van der Waals surface area contributed by atoms with Gasteiger partial charge in [-0.15, -0.1) is 82.7 Å². The van der Waals surface area contributed by atoms with Gasteiger partial charge >= 0.3 is 26.2 Å². The minimum Gasteiger partial charge on any atom is -1.00 e. The van der Waals surface area contributed by atoms with Gasteiger partial charge < -0.3 is 33.6 Å². The van der Waals surface area contributed by atoms with Crippen LogP contribution in [-0.4, -0.2) is 0 Å². The van der Waals surface area contributed by atoms with Gasteiger partial charge in [-0.3, -0.25) is 0 Å². The van der Waals surface area contributed by atoms with Gasteiger partial charge in [-0.05, 0) is 57.0 Å². The quantitative estimate of drug-likeness (QED) is 0.224. The molecule has 8 heteroatoms. The zero-order valence-corrected chi connectivity index (χ0v) is 29.0. The summed E-state index contributed by atoms with van der Waals surface area (Å²) in [5, 5.41) is 5.12. The van der Waals surface area contributed by atoms with E-state index in [0.717, 1.165) is 43.1 Å². The van der Waals surface area contributed by atoms with Gasteiger partial charge in [-0.25, -0.2) is 0 Å². The van der Waals surface area contributed by atoms with E-state index in [2.05, 4.69) is 94.2 Å². The van der Waals surface area contributed by atoms with E-state index >= 15 is 0 Å². The van der Waals surface area contributed by atoms with Crippen molar-refractivity contribution in [3.05, 3.63) is 92.3 Å². The van der Waals surface area contributed by atoms with Crippen molar-refractivity contribution >= 4 is 65.2 Å². The van der Waals surface area contributed by atoms with E-state index < -0.39 is 0 Å². The average molecular weight is 769 g/mol. The number of rotatable bonds is 1. The fraction of sp³-hybridized carbons (Fsp3) is 0.133. The van der Waals surface area contributed by atoms with Gasteiger partial charge in [0, 0.05) is 0 Å². The van der Waals surface area contributed by atoms with Crippen LogP contribution in [0.25, 0.3) is 44.2 Å². The van der Waals surface area contributed by atoms with Gasteiger partial charge in [0.2, 0.25) is 0 Å².